The lowest BCUT2D eigenvalue weighted by molar-refractivity contribution is -0.131. The second-order valence-corrected chi connectivity index (χ2v) is 7.98. The van der Waals surface area contributed by atoms with Crippen LogP contribution in [-0.2, 0) is 4.79 Å². The molecule has 0 aromatic carbocycles. The number of hydrogen-bond acceptors (Lipinski definition) is 3. The zero-order valence-corrected chi connectivity index (χ0v) is 12.8. The van der Waals surface area contributed by atoms with Crippen LogP contribution in [0.25, 0.3) is 0 Å². The fraction of sp³-hybridized carbons (Fsp3) is 0.688. The van der Waals surface area contributed by atoms with Crippen molar-refractivity contribution in [1.29, 1.82) is 0 Å². The Hall–Kier alpha value is -0.870. The third-order valence-corrected chi connectivity index (χ3v) is 6.23. The third kappa shape index (κ3) is 2.01. The van der Waals surface area contributed by atoms with E-state index in [1.54, 1.807) is 0 Å². The predicted molar refractivity (Wildman–Crippen MR) is 80.6 cm³/mol. The number of aryl methyl sites for hydroxylation is 1. The summed E-state index contributed by atoms with van der Waals surface area (Å²) in [6, 6.07) is 4.34. The lowest BCUT2D eigenvalue weighted by Gasteiger charge is -2.29. The minimum Gasteiger partial charge on any atom is -0.320 e. The highest BCUT2D eigenvalue weighted by atomic mass is 32.1. The van der Waals surface area contributed by atoms with Gasteiger partial charge in [-0.1, -0.05) is 19.3 Å². The maximum atomic E-state index is 12.7. The van der Waals surface area contributed by atoms with Gasteiger partial charge < -0.3 is 4.90 Å². The van der Waals surface area contributed by atoms with Gasteiger partial charge in [0, 0.05) is 16.3 Å². The summed E-state index contributed by atoms with van der Waals surface area (Å²) in [6.45, 7) is 3.07. The van der Waals surface area contributed by atoms with Gasteiger partial charge in [0.25, 0.3) is 0 Å². The van der Waals surface area contributed by atoms with Crippen molar-refractivity contribution in [1.82, 2.24) is 10.2 Å². The number of nitrogens with one attached hydrogen (secondary N) is 1. The van der Waals surface area contributed by atoms with Crippen molar-refractivity contribution < 1.29 is 4.79 Å². The Bertz CT molecular complexity index is 530. The Morgan fingerprint density at radius 2 is 2.20 bits per heavy atom. The smallest absolute Gasteiger partial charge is 0.244 e. The molecule has 1 aromatic heterocycles. The van der Waals surface area contributed by atoms with Crippen LogP contribution in [0.4, 0.5) is 0 Å². The molecule has 2 aliphatic carbocycles. The van der Waals surface area contributed by atoms with Crippen LogP contribution < -0.4 is 5.32 Å². The van der Waals surface area contributed by atoms with Crippen molar-refractivity contribution in [2.45, 2.75) is 57.2 Å². The maximum absolute atomic E-state index is 12.7. The largest absolute Gasteiger partial charge is 0.320 e. The van der Waals surface area contributed by atoms with Crippen molar-refractivity contribution in [2.75, 3.05) is 6.54 Å². The average Bonchev–Trinajstić information content (AvgIpc) is 2.96. The topological polar surface area (TPSA) is 32.3 Å². The molecule has 4 rings (SSSR count). The van der Waals surface area contributed by atoms with Crippen LogP contribution in [0.5, 0.6) is 0 Å². The van der Waals surface area contributed by atoms with Gasteiger partial charge in [-0.05, 0) is 44.2 Å². The van der Waals surface area contributed by atoms with Gasteiger partial charge in [-0.2, -0.15) is 0 Å². The first-order valence-corrected chi connectivity index (χ1v) is 8.65. The number of nitrogens with zero attached hydrogens (tertiary/aromatic N) is 1. The number of carbonyl (C=O) groups is 1. The molecular weight excluding hydrogens is 268 g/mol. The number of rotatable bonds is 4. The number of amides is 1. The van der Waals surface area contributed by atoms with Gasteiger partial charge >= 0.3 is 0 Å². The molecule has 1 aliphatic heterocycles. The van der Waals surface area contributed by atoms with Gasteiger partial charge in [0.05, 0.1) is 0 Å². The second kappa shape index (κ2) is 4.57. The summed E-state index contributed by atoms with van der Waals surface area (Å²) in [6.07, 6.45) is 7.47. The minimum absolute atomic E-state index is 0.128. The molecule has 1 unspecified atom stereocenters. The SMILES string of the molecule is Cc1ccc(C2NC3(CC3)C(=O)N2CCC2CCC2)s1. The first-order chi connectivity index (χ1) is 9.68. The van der Waals surface area contributed by atoms with Gasteiger partial charge in [-0.15, -0.1) is 11.3 Å². The summed E-state index contributed by atoms with van der Waals surface area (Å²) in [4.78, 5) is 17.4. The molecule has 3 nitrogen and oxygen atoms in total. The van der Waals surface area contributed by atoms with Crippen LogP contribution in [0.2, 0.25) is 0 Å². The quantitative estimate of drug-likeness (QED) is 0.923. The fourth-order valence-corrected chi connectivity index (χ4v) is 4.38. The van der Waals surface area contributed by atoms with Gasteiger partial charge in [-0.25, -0.2) is 0 Å². The lowest BCUT2D eigenvalue weighted by atomic mass is 9.83. The molecule has 1 spiro atoms. The molecule has 1 saturated heterocycles. The van der Waals surface area contributed by atoms with E-state index in [2.05, 4.69) is 29.3 Å². The Labute approximate surface area is 124 Å². The van der Waals surface area contributed by atoms with Gasteiger partial charge in [0.15, 0.2) is 0 Å². The summed E-state index contributed by atoms with van der Waals surface area (Å²) in [5, 5.41) is 3.62. The molecule has 0 bridgehead atoms. The summed E-state index contributed by atoms with van der Waals surface area (Å²) >= 11 is 1.82. The lowest BCUT2D eigenvalue weighted by Crippen LogP contribution is -2.34. The molecular formula is C16H22N2OS. The van der Waals surface area contributed by atoms with E-state index < -0.39 is 0 Å². The first-order valence-electron chi connectivity index (χ1n) is 7.83. The van der Waals surface area contributed by atoms with E-state index in [1.165, 1.54) is 35.4 Å². The second-order valence-electron chi connectivity index (χ2n) is 6.66. The van der Waals surface area contributed by atoms with Crippen molar-refractivity contribution in [2.24, 2.45) is 5.92 Å². The normalized spacial score (nSPS) is 28.1. The van der Waals surface area contributed by atoms with Crippen LogP contribution in [0.15, 0.2) is 12.1 Å². The Balaban J connectivity index is 1.53. The molecule has 20 heavy (non-hydrogen) atoms. The molecule has 3 fully saturated rings. The van der Waals surface area contributed by atoms with E-state index in [4.69, 9.17) is 0 Å². The number of thiophene rings is 1. The highest BCUT2D eigenvalue weighted by molar-refractivity contribution is 7.12. The molecule has 1 N–H and O–H groups in total. The third-order valence-electron chi connectivity index (χ3n) is 5.18. The highest BCUT2D eigenvalue weighted by Crippen LogP contribution is 2.47. The fourth-order valence-electron chi connectivity index (χ4n) is 3.44. The van der Waals surface area contributed by atoms with Crippen molar-refractivity contribution in [3.63, 3.8) is 0 Å². The zero-order chi connectivity index (χ0) is 13.7. The van der Waals surface area contributed by atoms with Crippen LogP contribution in [-0.4, -0.2) is 22.9 Å². The highest BCUT2D eigenvalue weighted by Gasteiger charge is 2.59. The summed E-state index contributed by atoms with van der Waals surface area (Å²) < 4.78 is 0. The van der Waals surface area contributed by atoms with Crippen molar-refractivity contribution >= 4 is 17.2 Å². The maximum Gasteiger partial charge on any atom is 0.244 e. The predicted octanol–water partition coefficient (Wildman–Crippen LogP) is 3.21. The van der Waals surface area contributed by atoms with E-state index in [0.29, 0.717) is 5.91 Å². The van der Waals surface area contributed by atoms with E-state index in [-0.39, 0.29) is 11.7 Å². The van der Waals surface area contributed by atoms with Gasteiger partial charge in [0.2, 0.25) is 5.91 Å². The number of hydrogen-bond donors (Lipinski definition) is 1. The van der Waals surface area contributed by atoms with Gasteiger partial charge in [-0.3, -0.25) is 10.1 Å². The van der Waals surface area contributed by atoms with Crippen molar-refractivity contribution in [3.8, 4) is 0 Å². The molecule has 108 valence electrons. The van der Waals surface area contributed by atoms with Gasteiger partial charge in [0.1, 0.15) is 11.7 Å². The average molecular weight is 290 g/mol. The molecule has 1 aromatic rings. The summed E-state index contributed by atoms with van der Waals surface area (Å²) in [5.41, 5.74) is -0.192. The molecule has 2 saturated carbocycles. The Kier molecular flexibility index (Phi) is 2.93. The molecule has 2 heterocycles. The van der Waals surface area contributed by atoms with Crippen LogP contribution in [0.1, 0.15) is 54.4 Å². The van der Waals surface area contributed by atoms with Crippen molar-refractivity contribution in [3.05, 3.63) is 21.9 Å². The molecule has 0 radical (unpaired) electrons. The monoisotopic (exact) mass is 290 g/mol. The standard InChI is InChI=1S/C16H22N2OS/c1-11-5-6-13(20-11)14-17-16(8-9-16)15(19)18(14)10-7-12-3-2-4-12/h5-6,12,14,17H,2-4,7-10H2,1H3. The van der Waals surface area contributed by atoms with E-state index in [1.807, 2.05) is 11.3 Å². The van der Waals surface area contributed by atoms with Crippen LogP contribution in [0.3, 0.4) is 0 Å². The summed E-state index contributed by atoms with van der Waals surface area (Å²) in [5.74, 6) is 1.22. The van der Waals surface area contributed by atoms with E-state index in [0.717, 1.165) is 25.3 Å². The van der Waals surface area contributed by atoms with E-state index in [9.17, 15) is 4.79 Å². The molecule has 1 atom stereocenters. The molecule has 3 aliphatic rings. The molecule has 1 amide bonds. The number of carbonyl (C=O) groups excluding carboxylic acids is 1. The zero-order valence-electron chi connectivity index (χ0n) is 12.0. The Morgan fingerprint density at radius 3 is 2.75 bits per heavy atom. The van der Waals surface area contributed by atoms with Crippen LogP contribution >= 0.6 is 11.3 Å². The minimum atomic E-state index is -0.192. The summed E-state index contributed by atoms with van der Waals surface area (Å²) in [7, 11) is 0. The van der Waals surface area contributed by atoms with Crippen LogP contribution in [0, 0.1) is 12.8 Å². The van der Waals surface area contributed by atoms with E-state index >= 15 is 0 Å². The first kappa shape index (κ1) is 12.8. The Morgan fingerprint density at radius 1 is 1.40 bits per heavy atom. The molecule has 4 heteroatoms.